The zero-order chi connectivity index (χ0) is 14.3. The summed E-state index contributed by atoms with van der Waals surface area (Å²) in [6.45, 7) is 0. The standard InChI is InChI=1S/C14H11BrClIN2O/c15-8-5-13(19(7-8)10-2-3-10)14(20)18-12-4-1-9(17)6-11(12)16/h1,4-7,10H,2-3H2,(H,18,20). The number of hydrogen-bond donors (Lipinski definition) is 1. The summed E-state index contributed by atoms with van der Waals surface area (Å²) in [5.74, 6) is -0.134. The van der Waals surface area contributed by atoms with Gasteiger partial charge < -0.3 is 9.88 Å². The monoisotopic (exact) mass is 464 g/mol. The maximum atomic E-state index is 12.4. The fourth-order valence-corrected chi connectivity index (χ4v) is 3.40. The lowest BCUT2D eigenvalue weighted by molar-refractivity contribution is 0.101. The van der Waals surface area contributed by atoms with E-state index in [-0.39, 0.29) is 5.91 Å². The van der Waals surface area contributed by atoms with Gasteiger partial charge in [-0.1, -0.05) is 11.6 Å². The minimum atomic E-state index is -0.134. The summed E-state index contributed by atoms with van der Waals surface area (Å²) < 4.78 is 3.98. The number of carbonyl (C=O) groups is 1. The summed E-state index contributed by atoms with van der Waals surface area (Å²) >= 11 is 11.8. The van der Waals surface area contributed by atoms with Crippen molar-refractivity contribution < 1.29 is 4.79 Å². The topological polar surface area (TPSA) is 34.0 Å². The Morgan fingerprint density at radius 2 is 2.15 bits per heavy atom. The lowest BCUT2D eigenvalue weighted by Gasteiger charge is -2.10. The number of benzene rings is 1. The van der Waals surface area contributed by atoms with E-state index in [2.05, 4.69) is 43.8 Å². The molecule has 104 valence electrons. The van der Waals surface area contributed by atoms with Gasteiger partial charge in [0, 0.05) is 20.3 Å². The number of nitrogens with zero attached hydrogens (tertiary/aromatic N) is 1. The molecule has 1 aromatic carbocycles. The molecule has 20 heavy (non-hydrogen) atoms. The first-order valence-corrected chi connectivity index (χ1v) is 8.43. The molecule has 1 N–H and O–H groups in total. The molecule has 3 nitrogen and oxygen atoms in total. The van der Waals surface area contributed by atoms with E-state index in [0.717, 1.165) is 20.9 Å². The molecule has 0 atom stereocenters. The molecule has 0 radical (unpaired) electrons. The third kappa shape index (κ3) is 3.04. The zero-order valence-electron chi connectivity index (χ0n) is 10.4. The van der Waals surface area contributed by atoms with Gasteiger partial charge in [0.1, 0.15) is 5.69 Å². The van der Waals surface area contributed by atoms with Crippen molar-refractivity contribution in [3.63, 3.8) is 0 Å². The van der Waals surface area contributed by atoms with Gasteiger partial charge in [-0.25, -0.2) is 0 Å². The lowest BCUT2D eigenvalue weighted by Crippen LogP contribution is -2.16. The molecule has 0 aliphatic heterocycles. The van der Waals surface area contributed by atoms with Crippen LogP contribution in [0.15, 0.2) is 34.9 Å². The minimum Gasteiger partial charge on any atom is -0.339 e. The molecule has 0 spiro atoms. The second kappa shape index (κ2) is 5.69. The van der Waals surface area contributed by atoms with E-state index >= 15 is 0 Å². The molecule has 3 rings (SSSR count). The van der Waals surface area contributed by atoms with Gasteiger partial charge in [0.25, 0.3) is 5.91 Å². The molecule has 1 saturated carbocycles. The second-order valence-corrected chi connectivity index (χ2v) is 7.33. The van der Waals surface area contributed by atoms with Crippen molar-refractivity contribution in [3.05, 3.63) is 49.2 Å². The Bertz CT molecular complexity index is 682. The summed E-state index contributed by atoms with van der Waals surface area (Å²) in [5, 5.41) is 3.42. The SMILES string of the molecule is O=C(Nc1ccc(I)cc1Cl)c1cc(Br)cn1C1CC1. The molecule has 1 aliphatic carbocycles. The van der Waals surface area contributed by atoms with Gasteiger partial charge in [-0.05, 0) is 75.6 Å². The van der Waals surface area contributed by atoms with Crippen LogP contribution in [0.3, 0.4) is 0 Å². The van der Waals surface area contributed by atoms with Crippen LogP contribution in [0.4, 0.5) is 5.69 Å². The van der Waals surface area contributed by atoms with Crippen molar-refractivity contribution in [1.29, 1.82) is 0 Å². The summed E-state index contributed by atoms with van der Waals surface area (Å²) in [6, 6.07) is 7.86. The number of anilines is 1. The van der Waals surface area contributed by atoms with Crippen molar-refractivity contribution in [1.82, 2.24) is 4.57 Å². The van der Waals surface area contributed by atoms with Crippen LogP contribution < -0.4 is 5.32 Å². The van der Waals surface area contributed by atoms with Gasteiger partial charge in [-0.2, -0.15) is 0 Å². The van der Waals surface area contributed by atoms with Crippen molar-refractivity contribution in [3.8, 4) is 0 Å². The Hall–Kier alpha value is -0.530. The molecule has 1 aromatic heterocycles. The Morgan fingerprint density at radius 1 is 1.40 bits per heavy atom. The maximum Gasteiger partial charge on any atom is 0.272 e. The molecule has 0 unspecified atom stereocenters. The van der Waals surface area contributed by atoms with Crippen LogP contribution in [0.1, 0.15) is 29.4 Å². The van der Waals surface area contributed by atoms with Crippen molar-refractivity contribution in [2.45, 2.75) is 18.9 Å². The third-order valence-electron chi connectivity index (χ3n) is 3.17. The zero-order valence-corrected chi connectivity index (χ0v) is 14.9. The Labute approximate surface area is 144 Å². The van der Waals surface area contributed by atoms with Gasteiger partial charge in [0.05, 0.1) is 10.7 Å². The fourth-order valence-electron chi connectivity index (χ4n) is 2.06. The van der Waals surface area contributed by atoms with Crippen LogP contribution in [0.25, 0.3) is 0 Å². The maximum absolute atomic E-state index is 12.4. The molecular formula is C14H11BrClIN2O. The number of rotatable bonds is 3. The van der Waals surface area contributed by atoms with E-state index in [0.29, 0.717) is 22.4 Å². The number of carbonyl (C=O) groups excluding carboxylic acids is 1. The highest BCUT2D eigenvalue weighted by molar-refractivity contribution is 14.1. The van der Waals surface area contributed by atoms with E-state index in [1.165, 1.54) is 0 Å². The van der Waals surface area contributed by atoms with Crippen LogP contribution in [-0.4, -0.2) is 10.5 Å². The summed E-state index contributed by atoms with van der Waals surface area (Å²) in [4.78, 5) is 12.4. The molecule has 1 aliphatic rings. The van der Waals surface area contributed by atoms with Crippen molar-refractivity contribution in [2.24, 2.45) is 0 Å². The molecule has 1 amide bonds. The van der Waals surface area contributed by atoms with E-state index in [1.54, 1.807) is 0 Å². The smallest absolute Gasteiger partial charge is 0.272 e. The second-order valence-electron chi connectivity index (χ2n) is 4.76. The first-order chi connectivity index (χ1) is 9.54. The number of halogens is 3. The van der Waals surface area contributed by atoms with Gasteiger partial charge in [0.15, 0.2) is 0 Å². The van der Waals surface area contributed by atoms with Crippen molar-refractivity contribution >= 4 is 61.7 Å². The normalized spacial score (nSPS) is 14.3. The first-order valence-electron chi connectivity index (χ1n) is 6.18. The molecular weight excluding hydrogens is 454 g/mol. The van der Waals surface area contributed by atoms with Crippen LogP contribution in [0.2, 0.25) is 5.02 Å². The molecule has 0 saturated heterocycles. The highest BCUT2D eigenvalue weighted by atomic mass is 127. The largest absolute Gasteiger partial charge is 0.339 e. The van der Waals surface area contributed by atoms with E-state index in [9.17, 15) is 4.79 Å². The summed E-state index contributed by atoms with van der Waals surface area (Å²) in [5.41, 5.74) is 1.30. The molecule has 0 bridgehead atoms. The molecule has 6 heteroatoms. The van der Waals surface area contributed by atoms with Gasteiger partial charge >= 0.3 is 0 Å². The molecule has 1 fully saturated rings. The Kier molecular flexibility index (Phi) is 4.10. The van der Waals surface area contributed by atoms with Gasteiger partial charge in [-0.3, -0.25) is 4.79 Å². The van der Waals surface area contributed by atoms with E-state index in [1.807, 2.05) is 35.0 Å². The minimum absolute atomic E-state index is 0.134. The number of aromatic nitrogens is 1. The predicted octanol–water partition coefficient (Wildman–Crippen LogP) is 5.10. The predicted molar refractivity (Wildman–Crippen MR) is 92.5 cm³/mol. The Morgan fingerprint density at radius 3 is 2.80 bits per heavy atom. The van der Waals surface area contributed by atoms with Crippen molar-refractivity contribution in [2.75, 3.05) is 5.32 Å². The third-order valence-corrected chi connectivity index (χ3v) is 4.58. The van der Waals surface area contributed by atoms with Crippen LogP contribution in [0.5, 0.6) is 0 Å². The summed E-state index contributed by atoms with van der Waals surface area (Å²) in [7, 11) is 0. The average molecular weight is 466 g/mol. The highest BCUT2D eigenvalue weighted by Gasteiger charge is 2.27. The number of nitrogens with one attached hydrogen (secondary N) is 1. The number of hydrogen-bond acceptors (Lipinski definition) is 1. The van der Waals surface area contributed by atoms with Crippen LogP contribution >= 0.6 is 50.1 Å². The first kappa shape index (κ1) is 14.4. The molecule has 2 aromatic rings. The van der Waals surface area contributed by atoms with E-state index < -0.39 is 0 Å². The quantitative estimate of drug-likeness (QED) is 0.629. The lowest BCUT2D eigenvalue weighted by atomic mass is 10.3. The van der Waals surface area contributed by atoms with E-state index in [4.69, 9.17) is 11.6 Å². The van der Waals surface area contributed by atoms with Crippen LogP contribution in [-0.2, 0) is 0 Å². The van der Waals surface area contributed by atoms with Crippen LogP contribution in [0, 0.1) is 3.57 Å². The summed E-state index contributed by atoms with van der Waals surface area (Å²) in [6.07, 6.45) is 4.22. The van der Waals surface area contributed by atoms with Gasteiger partial charge in [-0.15, -0.1) is 0 Å². The van der Waals surface area contributed by atoms with Gasteiger partial charge in [0.2, 0.25) is 0 Å². The molecule has 1 heterocycles. The number of amides is 1. The Balaban J connectivity index is 1.86. The highest BCUT2D eigenvalue weighted by Crippen LogP contribution is 2.37. The fraction of sp³-hybridized carbons (Fsp3) is 0.214. The average Bonchev–Trinajstić information content (AvgIpc) is 3.16.